The first-order valence-corrected chi connectivity index (χ1v) is 6.63. The summed E-state index contributed by atoms with van der Waals surface area (Å²) in [4.78, 5) is 7.70. The van der Waals surface area contributed by atoms with Crippen molar-refractivity contribution in [3.63, 3.8) is 0 Å². The molecule has 3 rings (SSSR count). The molecule has 1 aliphatic rings. The summed E-state index contributed by atoms with van der Waals surface area (Å²) in [6, 6.07) is 10.5. The molecule has 1 aliphatic carbocycles. The van der Waals surface area contributed by atoms with E-state index in [1.54, 1.807) is 6.07 Å². The normalized spacial score (nSPS) is 14.3. The van der Waals surface area contributed by atoms with Crippen LogP contribution in [0.1, 0.15) is 24.2 Å². The molecule has 1 heterocycles. The molecule has 19 heavy (non-hydrogen) atoms. The standard InChI is InChI=1S/C15H16N4/c16-9-11-2-1-3-12(8-11)14-10-18-15(19-14)6-7-17-13-4-5-13/h1-3,8,10,13,17H,4-7H2,(H,18,19). The number of benzene rings is 1. The Morgan fingerprint density at radius 1 is 1.42 bits per heavy atom. The van der Waals surface area contributed by atoms with Gasteiger partial charge in [-0.05, 0) is 25.0 Å². The van der Waals surface area contributed by atoms with E-state index < -0.39 is 0 Å². The summed E-state index contributed by atoms with van der Waals surface area (Å²) in [5.74, 6) is 0.991. The van der Waals surface area contributed by atoms with E-state index in [0.717, 1.165) is 36.1 Å². The maximum atomic E-state index is 8.90. The zero-order valence-electron chi connectivity index (χ0n) is 10.7. The van der Waals surface area contributed by atoms with Crippen LogP contribution in [0.15, 0.2) is 30.5 Å². The second-order valence-electron chi connectivity index (χ2n) is 4.91. The number of nitrogens with one attached hydrogen (secondary N) is 2. The van der Waals surface area contributed by atoms with Gasteiger partial charge in [-0.25, -0.2) is 4.98 Å². The van der Waals surface area contributed by atoms with E-state index in [1.165, 1.54) is 12.8 Å². The number of nitriles is 1. The van der Waals surface area contributed by atoms with Gasteiger partial charge in [0.2, 0.25) is 0 Å². The summed E-state index contributed by atoms with van der Waals surface area (Å²) in [6.07, 6.45) is 5.37. The molecule has 96 valence electrons. The molecule has 0 atom stereocenters. The maximum absolute atomic E-state index is 8.90. The smallest absolute Gasteiger partial charge is 0.107 e. The van der Waals surface area contributed by atoms with E-state index in [9.17, 15) is 0 Å². The number of nitrogens with zero attached hydrogens (tertiary/aromatic N) is 2. The molecule has 4 heteroatoms. The van der Waals surface area contributed by atoms with E-state index >= 15 is 0 Å². The first-order chi connectivity index (χ1) is 9.35. The van der Waals surface area contributed by atoms with Crippen LogP contribution in [0.4, 0.5) is 0 Å². The Bertz CT molecular complexity index is 605. The van der Waals surface area contributed by atoms with Crippen LogP contribution in [0.2, 0.25) is 0 Å². The molecule has 0 radical (unpaired) electrons. The number of hydrogen-bond acceptors (Lipinski definition) is 3. The van der Waals surface area contributed by atoms with E-state index in [1.807, 2.05) is 24.4 Å². The molecular weight excluding hydrogens is 236 g/mol. The Kier molecular flexibility index (Phi) is 3.30. The third kappa shape index (κ3) is 3.01. The zero-order chi connectivity index (χ0) is 13.1. The van der Waals surface area contributed by atoms with Gasteiger partial charge in [0.1, 0.15) is 5.82 Å². The number of H-pyrrole nitrogens is 1. The van der Waals surface area contributed by atoms with Crippen molar-refractivity contribution >= 4 is 0 Å². The molecule has 4 nitrogen and oxygen atoms in total. The summed E-state index contributed by atoms with van der Waals surface area (Å²) < 4.78 is 0. The summed E-state index contributed by atoms with van der Waals surface area (Å²) in [5.41, 5.74) is 2.65. The molecule has 0 unspecified atom stereocenters. The number of aromatic amines is 1. The molecule has 2 N–H and O–H groups in total. The van der Waals surface area contributed by atoms with Crippen molar-refractivity contribution in [1.82, 2.24) is 15.3 Å². The van der Waals surface area contributed by atoms with Crippen LogP contribution in [0.3, 0.4) is 0 Å². The minimum atomic E-state index is 0.670. The van der Waals surface area contributed by atoms with Crippen LogP contribution < -0.4 is 5.32 Å². The zero-order valence-corrected chi connectivity index (χ0v) is 10.7. The molecule has 1 saturated carbocycles. The van der Waals surface area contributed by atoms with Gasteiger partial charge in [0.15, 0.2) is 0 Å². The number of aromatic nitrogens is 2. The first kappa shape index (κ1) is 11.9. The molecule has 1 aromatic carbocycles. The molecule has 0 spiro atoms. The fourth-order valence-corrected chi connectivity index (χ4v) is 2.07. The SMILES string of the molecule is N#Cc1cccc(-c2cnc(CCNC3CC3)[nH]2)c1. The highest BCUT2D eigenvalue weighted by Gasteiger charge is 2.19. The maximum Gasteiger partial charge on any atom is 0.107 e. The van der Waals surface area contributed by atoms with Gasteiger partial charge in [-0.1, -0.05) is 12.1 Å². The molecule has 0 saturated heterocycles. The van der Waals surface area contributed by atoms with Crippen molar-refractivity contribution in [3.8, 4) is 17.3 Å². The van der Waals surface area contributed by atoms with Crippen molar-refractivity contribution in [3.05, 3.63) is 41.9 Å². The lowest BCUT2D eigenvalue weighted by atomic mass is 10.1. The molecule has 0 bridgehead atoms. The van der Waals surface area contributed by atoms with Crippen LogP contribution in [-0.4, -0.2) is 22.6 Å². The fraction of sp³-hybridized carbons (Fsp3) is 0.333. The van der Waals surface area contributed by atoms with Crippen molar-refractivity contribution < 1.29 is 0 Å². The second-order valence-corrected chi connectivity index (χ2v) is 4.91. The Morgan fingerprint density at radius 3 is 3.11 bits per heavy atom. The summed E-state index contributed by atoms with van der Waals surface area (Å²) >= 11 is 0. The fourth-order valence-electron chi connectivity index (χ4n) is 2.07. The van der Waals surface area contributed by atoms with Gasteiger partial charge < -0.3 is 10.3 Å². The van der Waals surface area contributed by atoms with Crippen molar-refractivity contribution in [1.29, 1.82) is 5.26 Å². The molecule has 1 aromatic heterocycles. The minimum absolute atomic E-state index is 0.670. The van der Waals surface area contributed by atoms with Gasteiger partial charge in [0.05, 0.1) is 23.5 Å². The van der Waals surface area contributed by atoms with Crippen LogP contribution in [0.25, 0.3) is 11.3 Å². The Hall–Kier alpha value is -2.12. The van der Waals surface area contributed by atoms with Gasteiger partial charge in [-0.2, -0.15) is 5.26 Å². The number of imidazole rings is 1. The highest BCUT2D eigenvalue weighted by molar-refractivity contribution is 5.60. The molecule has 0 amide bonds. The Labute approximate surface area is 112 Å². The van der Waals surface area contributed by atoms with Crippen molar-refractivity contribution in [2.75, 3.05) is 6.54 Å². The van der Waals surface area contributed by atoms with E-state index in [4.69, 9.17) is 5.26 Å². The summed E-state index contributed by atoms with van der Waals surface area (Å²) in [6.45, 7) is 0.968. The van der Waals surface area contributed by atoms with Crippen molar-refractivity contribution in [2.45, 2.75) is 25.3 Å². The third-order valence-corrected chi connectivity index (χ3v) is 3.30. The second kappa shape index (κ2) is 5.25. The minimum Gasteiger partial charge on any atom is -0.342 e. The highest BCUT2D eigenvalue weighted by Crippen LogP contribution is 2.19. The van der Waals surface area contributed by atoms with Crippen LogP contribution in [-0.2, 0) is 6.42 Å². The van der Waals surface area contributed by atoms with Crippen LogP contribution >= 0.6 is 0 Å². The molecular formula is C15H16N4. The summed E-state index contributed by atoms with van der Waals surface area (Å²) in [5, 5.41) is 12.4. The number of rotatable bonds is 5. The quantitative estimate of drug-likeness (QED) is 0.857. The van der Waals surface area contributed by atoms with E-state index in [-0.39, 0.29) is 0 Å². The molecule has 1 fully saturated rings. The third-order valence-electron chi connectivity index (χ3n) is 3.30. The average Bonchev–Trinajstić information content (AvgIpc) is 3.15. The largest absolute Gasteiger partial charge is 0.342 e. The Morgan fingerprint density at radius 2 is 2.32 bits per heavy atom. The topological polar surface area (TPSA) is 64.5 Å². The van der Waals surface area contributed by atoms with Gasteiger partial charge >= 0.3 is 0 Å². The highest BCUT2D eigenvalue weighted by atomic mass is 15.0. The lowest BCUT2D eigenvalue weighted by molar-refractivity contribution is 0.669. The summed E-state index contributed by atoms with van der Waals surface area (Å²) in [7, 11) is 0. The first-order valence-electron chi connectivity index (χ1n) is 6.63. The van der Waals surface area contributed by atoms with Gasteiger partial charge in [0.25, 0.3) is 0 Å². The molecule has 2 aromatic rings. The lowest BCUT2D eigenvalue weighted by Gasteiger charge is -2.00. The van der Waals surface area contributed by atoms with Crippen molar-refractivity contribution in [2.24, 2.45) is 0 Å². The van der Waals surface area contributed by atoms with Gasteiger partial charge in [0, 0.05) is 24.6 Å². The van der Waals surface area contributed by atoms with E-state index in [2.05, 4.69) is 21.4 Å². The molecule has 0 aliphatic heterocycles. The monoisotopic (exact) mass is 252 g/mol. The van der Waals surface area contributed by atoms with Gasteiger partial charge in [-0.3, -0.25) is 0 Å². The van der Waals surface area contributed by atoms with Gasteiger partial charge in [-0.15, -0.1) is 0 Å². The predicted molar refractivity (Wildman–Crippen MR) is 73.5 cm³/mol. The Balaban J connectivity index is 1.67. The van der Waals surface area contributed by atoms with Crippen LogP contribution in [0.5, 0.6) is 0 Å². The average molecular weight is 252 g/mol. The lowest BCUT2D eigenvalue weighted by Crippen LogP contribution is -2.19. The van der Waals surface area contributed by atoms with E-state index in [0.29, 0.717) is 5.56 Å². The number of hydrogen-bond donors (Lipinski definition) is 2. The predicted octanol–water partition coefficient (Wildman–Crippen LogP) is 2.24. The van der Waals surface area contributed by atoms with Crippen LogP contribution in [0, 0.1) is 11.3 Å².